The fourth-order valence-electron chi connectivity index (χ4n) is 13.8. The second-order valence-electron chi connectivity index (χ2n) is 35.7. The maximum atomic E-state index is 12.1. The van der Waals surface area contributed by atoms with Crippen molar-refractivity contribution in [1.29, 1.82) is 0 Å². The molecule has 7 aliphatic carbocycles. The highest BCUT2D eigenvalue weighted by atomic mass is 16.6. The Balaban J connectivity index is 0.000000595. The van der Waals surface area contributed by atoms with Crippen LogP contribution in [0.15, 0.2) is 0 Å². The van der Waals surface area contributed by atoms with Crippen molar-refractivity contribution >= 4 is 41.8 Å². The van der Waals surface area contributed by atoms with Gasteiger partial charge < -0.3 is 33.2 Å². The molecule has 102 heavy (non-hydrogen) atoms. The van der Waals surface area contributed by atoms with E-state index in [1.54, 1.807) is 0 Å². The van der Waals surface area contributed by atoms with E-state index in [9.17, 15) is 33.6 Å². The number of ether oxygens (including phenoxy) is 7. The highest BCUT2D eigenvalue weighted by Gasteiger charge is 2.44. The standard InChI is InChI=1S/C14H26O2.3C13H24O2.2C12H22O2.C11H20O2/c1-5-13(3,4)12(15)16-14(6-2)10-8-7-9-11-14;1-5-12(2,3)11(14)15-13(4)9-7-6-8-10-13;1-5-12(3,4)11(14)15-13(6-2)9-7-8-10-13;1-4-11(3)12(14)15-13(5-2)9-7-6-8-10-13;1-5-11(2,3)10(13)14-12(4)8-6-7-9-12;1-4-10(3)11(13)14-12(5-2)8-6-7-9-12;1-4-9(2)10(12)13-11(3)7-5-6-8-11/h5-11H2,1-4H3;2*5-10H2,1-4H3;11H,4-10H2,1-3H3;5-9H2,1-4H3;10H,4-9H2,1-3H3;9H,4-8H2,1-3H3. The molecule has 7 saturated carbocycles. The van der Waals surface area contributed by atoms with Crippen LogP contribution in [0.3, 0.4) is 0 Å². The molecule has 0 aromatic rings. The van der Waals surface area contributed by atoms with Gasteiger partial charge in [-0.05, 0) is 327 Å². The van der Waals surface area contributed by atoms with E-state index >= 15 is 0 Å². The normalized spacial score (nSPS) is 21.3. The number of carbonyl (C=O) groups excluding carboxylic acids is 7. The van der Waals surface area contributed by atoms with E-state index in [0.717, 1.165) is 161 Å². The van der Waals surface area contributed by atoms with Crippen LogP contribution in [0.2, 0.25) is 0 Å². The summed E-state index contributed by atoms with van der Waals surface area (Å²) in [5.74, 6) is 0.0301. The Kier molecular flexibility index (Phi) is 42.7. The molecule has 0 heterocycles. The van der Waals surface area contributed by atoms with E-state index in [2.05, 4.69) is 48.5 Å². The zero-order valence-corrected chi connectivity index (χ0v) is 71.1. The number of rotatable bonds is 25. The Morgan fingerprint density at radius 1 is 0.255 bits per heavy atom. The SMILES string of the molecule is CCC(C)(C)C(=O)OC1(C)CCCC1.CCC(C)(C)C(=O)OC1(C)CCCCC1.CCC(C)C(=O)OC1(C)CCCC1.CCC(C)C(=O)OC1(CC)CCCC1.CCC(C)C(=O)OC1(CC)CCCCC1.CCC1(OC(=O)C(C)(C)CC)CCCC1.CCC1(OC(=O)C(C)(C)CC)CCCCC1. The number of hydrogen-bond donors (Lipinski definition) is 0. The third-order valence-corrected chi connectivity index (χ3v) is 25.4. The van der Waals surface area contributed by atoms with E-state index in [1.165, 1.54) is 109 Å². The molecule has 7 rings (SSSR count). The molecule has 598 valence electrons. The molecule has 7 aliphatic rings. The van der Waals surface area contributed by atoms with Crippen LogP contribution in [0.5, 0.6) is 0 Å². The van der Waals surface area contributed by atoms with Gasteiger partial charge in [0.05, 0.1) is 39.4 Å². The van der Waals surface area contributed by atoms with Gasteiger partial charge >= 0.3 is 41.8 Å². The third kappa shape index (κ3) is 32.8. The highest BCUT2D eigenvalue weighted by Crippen LogP contribution is 2.43. The summed E-state index contributed by atoms with van der Waals surface area (Å²) >= 11 is 0. The first kappa shape index (κ1) is 96.3. The van der Waals surface area contributed by atoms with E-state index in [0.29, 0.717) is 0 Å². The summed E-state index contributed by atoms with van der Waals surface area (Å²) in [5, 5.41) is 0. The third-order valence-electron chi connectivity index (χ3n) is 25.4. The molecule has 0 spiro atoms. The maximum Gasteiger partial charge on any atom is 0.312 e. The lowest BCUT2D eigenvalue weighted by Gasteiger charge is -2.38. The Hall–Kier alpha value is -3.71. The Morgan fingerprint density at radius 2 is 0.422 bits per heavy atom. The number of hydrogen-bond acceptors (Lipinski definition) is 14. The summed E-state index contributed by atoms with van der Waals surface area (Å²) < 4.78 is 39.8. The first-order valence-electron chi connectivity index (χ1n) is 42.2. The minimum Gasteiger partial charge on any atom is -0.459 e. The van der Waals surface area contributed by atoms with Gasteiger partial charge in [-0.15, -0.1) is 0 Å². The van der Waals surface area contributed by atoms with Crippen molar-refractivity contribution in [2.45, 2.75) is 482 Å². The lowest BCUT2D eigenvalue weighted by Crippen LogP contribution is -2.40. The summed E-state index contributed by atoms with van der Waals surface area (Å²) in [7, 11) is 0. The van der Waals surface area contributed by atoms with E-state index in [4.69, 9.17) is 33.2 Å². The second kappa shape index (κ2) is 45.2. The monoisotopic (exact) mass is 1440 g/mol. The molecule has 0 aromatic carbocycles. The molecular formula is C88H162O14. The highest BCUT2D eigenvalue weighted by molar-refractivity contribution is 5.78. The summed E-state index contributed by atoms with van der Waals surface area (Å²) in [5.41, 5.74) is -2.37. The average molecular weight is 1440 g/mol. The van der Waals surface area contributed by atoms with Crippen molar-refractivity contribution in [3.63, 3.8) is 0 Å². The molecule has 0 aliphatic heterocycles. The van der Waals surface area contributed by atoms with Crippen molar-refractivity contribution in [2.75, 3.05) is 0 Å². The summed E-state index contributed by atoms with van der Waals surface area (Å²) in [6, 6.07) is 0. The van der Waals surface area contributed by atoms with Crippen LogP contribution in [0.1, 0.15) is 443 Å². The van der Waals surface area contributed by atoms with Crippen LogP contribution in [0.4, 0.5) is 0 Å². The molecule has 0 bridgehead atoms. The van der Waals surface area contributed by atoms with Crippen LogP contribution < -0.4 is 0 Å². The average Bonchev–Trinajstić information content (AvgIpc) is 1.63. The van der Waals surface area contributed by atoms with Gasteiger partial charge in [0, 0.05) is 0 Å². The van der Waals surface area contributed by atoms with Gasteiger partial charge in [-0.3, -0.25) is 33.6 Å². The first-order chi connectivity index (χ1) is 47.5. The van der Waals surface area contributed by atoms with Gasteiger partial charge in [0.2, 0.25) is 0 Å². The molecular weight excluding hydrogens is 1280 g/mol. The molecule has 3 unspecified atom stereocenters. The zero-order valence-electron chi connectivity index (χ0n) is 71.1. The van der Waals surface area contributed by atoms with E-state index < -0.39 is 0 Å². The van der Waals surface area contributed by atoms with Crippen LogP contribution in [0, 0.1) is 39.4 Å². The largest absolute Gasteiger partial charge is 0.459 e. The lowest BCUT2D eigenvalue weighted by atomic mass is 9.82. The molecule has 14 nitrogen and oxygen atoms in total. The molecule has 0 amide bonds. The number of carbonyl (C=O) groups is 7. The van der Waals surface area contributed by atoms with Crippen molar-refractivity contribution in [3.05, 3.63) is 0 Å². The van der Waals surface area contributed by atoms with Crippen LogP contribution in [0.25, 0.3) is 0 Å². The van der Waals surface area contributed by atoms with E-state index in [-0.39, 0.29) is 120 Å². The molecule has 0 saturated heterocycles. The van der Waals surface area contributed by atoms with Gasteiger partial charge in [-0.2, -0.15) is 0 Å². The van der Waals surface area contributed by atoms with Gasteiger partial charge in [0.1, 0.15) is 39.2 Å². The minimum absolute atomic E-state index is 0.00116. The molecule has 0 N–H and O–H groups in total. The lowest BCUT2D eigenvalue weighted by molar-refractivity contribution is -0.175. The van der Waals surface area contributed by atoms with Crippen LogP contribution in [-0.2, 0) is 66.7 Å². The summed E-state index contributed by atoms with van der Waals surface area (Å²) in [6.07, 6.45) is 45.1. The van der Waals surface area contributed by atoms with Crippen molar-refractivity contribution in [1.82, 2.24) is 0 Å². The zero-order chi connectivity index (χ0) is 77.9. The van der Waals surface area contributed by atoms with E-state index in [1.807, 2.05) is 125 Å². The molecule has 14 heteroatoms. The van der Waals surface area contributed by atoms with Crippen molar-refractivity contribution in [2.24, 2.45) is 39.4 Å². The fraction of sp³-hybridized carbons (Fsp3) is 0.920. The van der Waals surface area contributed by atoms with Crippen molar-refractivity contribution < 1.29 is 66.7 Å². The van der Waals surface area contributed by atoms with Gasteiger partial charge in [0.25, 0.3) is 0 Å². The van der Waals surface area contributed by atoms with Crippen LogP contribution in [-0.4, -0.2) is 81.0 Å². The van der Waals surface area contributed by atoms with Gasteiger partial charge in [0.15, 0.2) is 0 Å². The summed E-state index contributed by atoms with van der Waals surface area (Å²) in [6.45, 7) is 50.5. The van der Waals surface area contributed by atoms with Gasteiger partial charge in [-0.1, -0.05) is 116 Å². The fourth-order valence-corrected chi connectivity index (χ4v) is 13.8. The predicted octanol–water partition coefficient (Wildman–Crippen LogP) is 24.6. The minimum atomic E-state index is -0.334. The maximum absolute atomic E-state index is 12.1. The Bertz CT molecular complexity index is 2410. The predicted molar refractivity (Wildman–Crippen MR) is 418 cm³/mol. The van der Waals surface area contributed by atoms with Gasteiger partial charge in [-0.25, -0.2) is 0 Å². The molecule has 0 aromatic heterocycles. The molecule has 0 radical (unpaired) electrons. The van der Waals surface area contributed by atoms with Crippen molar-refractivity contribution in [3.8, 4) is 0 Å². The number of esters is 7. The Morgan fingerprint density at radius 3 is 0.627 bits per heavy atom. The molecule has 7 fully saturated rings. The quantitative estimate of drug-likeness (QED) is 0.0621. The first-order valence-corrected chi connectivity index (χ1v) is 42.2. The van der Waals surface area contributed by atoms with Crippen LogP contribution >= 0.6 is 0 Å². The smallest absolute Gasteiger partial charge is 0.312 e. The second-order valence-corrected chi connectivity index (χ2v) is 35.7. The summed E-state index contributed by atoms with van der Waals surface area (Å²) in [4.78, 5) is 82.9. The topological polar surface area (TPSA) is 184 Å². The Labute approximate surface area is 626 Å². The molecule has 3 atom stereocenters.